The molecule has 0 spiro atoms. The van der Waals surface area contributed by atoms with Crippen LogP contribution in [0.4, 0.5) is 0 Å². The number of benzene rings is 1. The number of nitrogens with zero attached hydrogens (tertiary/aromatic N) is 1. The van der Waals surface area contributed by atoms with Gasteiger partial charge < -0.3 is 5.32 Å². The molecule has 0 aromatic heterocycles. The SMILES string of the molecule is C[C@@H](NC(=O)C1(C#N)CCCCC1)c1ccccc1Cl. The smallest absolute Gasteiger partial charge is 0.240 e. The highest BCUT2D eigenvalue weighted by Gasteiger charge is 2.40. The Balaban J connectivity index is 2.11. The van der Waals surface area contributed by atoms with Crippen LogP contribution in [0.25, 0.3) is 0 Å². The molecule has 1 aromatic carbocycles. The van der Waals surface area contributed by atoms with Crippen LogP contribution in [0.2, 0.25) is 5.02 Å². The second kappa shape index (κ2) is 6.28. The van der Waals surface area contributed by atoms with E-state index in [2.05, 4.69) is 11.4 Å². The van der Waals surface area contributed by atoms with Crippen LogP contribution in [0.1, 0.15) is 50.6 Å². The summed E-state index contributed by atoms with van der Waals surface area (Å²) < 4.78 is 0. The third kappa shape index (κ3) is 2.96. The minimum atomic E-state index is -0.853. The molecule has 0 aliphatic heterocycles. The molecule has 0 heterocycles. The molecular weight excluding hydrogens is 272 g/mol. The van der Waals surface area contributed by atoms with E-state index in [-0.39, 0.29) is 11.9 Å². The van der Waals surface area contributed by atoms with Gasteiger partial charge in [-0.05, 0) is 31.4 Å². The molecular formula is C16H19ClN2O. The van der Waals surface area contributed by atoms with Crippen molar-refractivity contribution in [3.8, 4) is 6.07 Å². The first kappa shape index (κ1) is 14.9. The zero-order valence-electron chi connectivity index (χ0n) is 11.7. The van der Waals surface area contributed by atoms with Gasteiger partial charge in [-0.25, -0.2) is 0 Å². The van der Waals surface area contributed by atoms with Gasteiger partial charge >= 0.3 is 0 Å². The summed E-state index contributed by atoms with van der Waals surface area (Å²) in [5.74, 6) is -0.160. The molecule has 3 nitrogen and oxygen atoms in total. The number of rotatable bonds is 3. The van der Waals surface area contributed by atoms with Crippen LogP contribution >= 0.6 is 11.6 Å². The number of amides is 1. The van der Waals surface area contributed by atoms with Crippen LogP contribution in [0.3, 0.4) is 0 Å². The summed E-state index contributed by atoms with van der Waals surface area (Å²) in [6.07, 6.45) is 4.31. The fourth-order valence-electron chi connectivity index (χ4n) is 2.78. The average molecular weight is 291 g/mol. The van der Waals surface area contributed by atoms with E-state index in [4.69, 9.17) is 11.6 Å². The fraction of sp³-hybridized carbons (Fsp3) is 0.500. The average Bonchev–Trinajstić information content (AvgIpc) is 2.48. The van der Waals surface area contributed by atoms with Crippen LogP contribution < -0.4 is 5.32 Å². The summed E-state index contributed by atoms with van der Waals surface area (Å²) in [6.45, 7) is 1.90. The lowest BCUT2D eigenvalue weighted by Crippen LogP contribution is -2.42. The van der Waals surface area contributed by atoms with Gasteiger partial charge in [0.15, 0.2) is 0 Å². The van der Waals surface area contributed by atoms with E-state index in [1.807, 2.05) is 25.1 Å². The second-order valence-electron chi connectivity index (χ2n) is 5.47. The van der Waals surface area contributed by atoms with Gasteiger partial charge in [0.05, 0.1) is 12.1 Å². The van der Waals surface area contributed by atoms with Crippen LogP contribution in [0.15, 0.2) is 24.3 Å². The van der Waals surface area contributed by atoms with Crippen LogP contribution in [0.5, 0.6) is 0 Å². The molecule has 4 heteroatoms. The first-order valence-corrected chi connectivity index (χ1v) is 7.43. The van der Waals surface area contributed by atoms with Crippen LogP contribution in [-0.4, -0.2) is 5.91 Å². The molecule has 1 amide bonds. The zero-order chi connectivity index (χ0) is 14.6. The summed E-state index contributed by atoms with van der Waals surface area (Å²) in [5.41, 5.74) is 0.0275. The molecule has 1 aromatic rings. The molecule has 20 heavy (non-hydrogen) atoms. The highest BCUT2D eigenvalue weighted by atomic mass is 35.5. The van der Waals surface area contributed by atoms with Gasteiger partial charge in [0.2, 0.25) is 5.91 Å². The lowest BCUT2D eigenvalue weighted by atomic mass is 9.74. The Morgan fingerprint density at radius 3 is 2.60 bits per heavy atom. The lowest BCUT2D eigenvalue weighted by molar-refractivity contribution is -0.130. The molecule has 0 unspecified atom stereocenters. The topological polar surface area (TPSA) is 52.9 Å². The largest absolute Gasteiger partial charge is 0.348 e. The van der Waals surface area contributed by atoms with Crippen molar-refractivity contribution < 1.29 is 4.79 Å². The van der Waals surface area contributed by atoms with E-state index >= 15 is 0 Å². The van der Waals surface area contributed by atoms with Gasteiger partial charge in [0.1, 0.15) is 5.41 Å². The van der Waals surface area contributed by atoms with Crippen molar-refractivity contribution in [1.29, 1.82) is 5.26 Å². The summed E-state index contributed by atoms with van der Waals surface area (Å²) in [5, 5.41) is 13.0. The Kier molecular flexibility index (Phi) is 4.67. The molecule has 1 fully saturated rings. The lowest BCUT2D eigenvalue weighted by Gasteiger charge is -2.30. The Bertz CT molecular complexity index is 530. The van der Waals surface area contributed by atoms with E-state index in [9.17, 15) is 10.1 Å². The summed E-state index contributed by atoms with van der Waals surface area (Å²) in [6, 6.07) is 9.51. The standard InChI is InChI=1S/C16H19ClN2O/c1-12(13-7-3-4-8-14(13)17)19-15(20)16(11-18)9-5-2-6-10-16/h3-4,7-8,12H,2,5-6,9-10H2,1H3,(H,19,20)/t12-/m1/s1. The van der Waals surface area contributed by atoms with E-state index in [1.54, 1.807) is 6.07 Å². The monoisotopic (exact) mass is 290 g/mol. The Labute approximate surface area is 124 Å². The number of nitrogens with one attached hydrogen (secondary N) is 1. The minimum Gasteiger partial charge on any atom is -0.348 e. The number of halogens is 1. The number of nitriles is 1. The fourth-order valence-corrected chi connectivity index (χ4v) is 3.08. The Morgan fingerprint density at radius 2 is 2.00 bits per heavy atom. The molecule has 0 bridgehead atoms. The summed E-state index contributed by atoms with van der Waals surface area (Å²) in [7, 11) is 0. The van der Waals surface area contributed by atoms with Crippen molar-refractivity contribution in [3.05, 3.63) is 34.9 Å². The maximum Gasteiger partial charge on any atom is 0.240 e. The maximum atomic E-state index is 12.5. The quantitative estimate of drug-likeness (QED) is 0.915. The number of carbonyl (C=O) groups is 1. The van der Waals surface area contributed by atoms with Gasteiger partial charge in [0.25, 0.3) is 0 Å². The van der Waals surface area contributed by atoms with E-state index in [0.717, 1.165) is 24.8 Å². The van der Waals surface area contributed by atoms with Gasteiger partial charge in [-0.1, -0.05) is 49.1 Å². The Morgan fingerprint density at radius 1 is 1.35 bits per heavy atom. The molecule has 0 saturated heterocycles. The van der Waals surface area contributed by atoms with Crippen molar-refractivity contribution >= 4 is 17.5 Å². The predicted octanol–water partition coefficient (Wildman–Crippen LogP) is 3.99. The first-order valence-electron chi connectivity index (χ1n) is 7.06. The van der Waals surface area contributed by atoms with Crippen molar-refractivity contribution in [2.45, 2.75) is 45.1 Å². The third-order valence-electron chi connectivity index (χ3n) is 4.08. The minimum absolute atomic E-state index is 0.160. The first-order chi connectivity index (χ1) is 9.59. The van der Waals surface area contributed by atoms with E-state index < -0.39 is 5.41 Å². The van der Waals surface area contributed by atoms with Crippen molar-refractivity contribution in [3.63, 3.8) is 0 Å². The van der Waals surface area contributed by atoms with Gasteiger partial charge in [-0.2, -0.15) is 5.26 Å². The highest BCUT2D eigenvalue weighted by molar-refractivity contribution is 6.31. The molecule has 1 saturated carbocycles. The summed E-state index contributed by atoms with van der Waals surface area (Å²) in [4.78, 5) is 12.5. The number of hydrogen-bond acceptors (Lipinski definition) is 2. The molecule has 1 aliphatic rings. The normalized spacial score (nSPS) is 18.9. The molecule has 106 valence electrons. The van der Waals surface area contributed by atoms with Crippen LogP contribution in [-0.2, 0) is 4.79 Å². The van der Waals surface area contributed by atoms with Gasteiger partial charge in [-0.3, -0.25) is 4.79 Å². The molecule has 1 N–H and O–H groups in total. The van der Waals surface area contributed by atoms with Crippen LogP contribution in [0, 0.1) is 16.7 Å². The molecule has 0 radical (unpaired) electrons. The second-order valence-corrected chi connectivity index (χ2v) is 5.88. The van der Waals surface area contributed by atoms with Crippen molar-refractivity contribution in [2.24, 2.45) is 5.41 Å². The number of hydrogen-bond donors (Lipinski definition) is 1. The number of carbonyl (C=O) groups excluding carboxylic acids is 1. The molecule has 1 atom stereocenters. The van der Waals surface area contributed by atoms with Gasteiger partial charge in [0, 0.05) is 5.02 Å². The maximum absolute atomic E-state index is 12.5. The highest BCUT2D eigenvalue weighted by Crippen LogP contribution is 2.36. The van der Waals surface area contributed by atoms with E-state index in [0.29, 0.717) is 17.9 Å². The third-order valence-corrected chi connectivity index (χ3v) is 4.42. The predicted molar refractivity (Wildman–Crippen MR) is 79.1 cm³/mol. The van der Waals surface area contributed by atoms with Crippen molar-refractivity contribution in [2.75, 3.05) is 0 Å². The molecule has 1 aliphatic carbocycles. The Hall–Kier alpha value is -1.53. The van der Waals surface area contributed by atoms with E-state index in [1.165, 1.54) is 0 Å². The zero-order valence-corrected chi connectivity index (χ0v) is 12.4. The van der Waals surface area contributed by atoms with Gasteiger partial charge in [-0.15, -0.1) is 0 Å². The molecule has 2 rings (SSSR count). The van der Waals surface area contributed by atoms with Crippen molar-refractivity contribution in [1.82, 2.24) is 5.32 Å². The summed E-state index contributed by atoms with van der Waals surface area (Å²) >= 11 is 6.14.